The average Bonchev–Trinajstić information content (AvgIpc) is 2.38. The molecule has 0 aliphatic rings. The summed E-state index contributed by atoms with van der Waals surface area (Å²) in [7, 11) is 0. The van der Waals surface area contributed by atoms with Gasteiger partial charge in [-0.15, -0.1) is 0 Å². The maximum atomic E-state index is 5.78. The molecular formula is C11H13ClN6O. The monoisotopic (exact) mass is 280 g/mol. The van der Waals surface area contributed by atoms with Crippen LogP contribution in [-0.2, 0) is 6.54 Å². The van der Waals surface area contributed by atoms with Gasteiger partial charge in [-0.2, -0.15) is 15.0 Å². The Hall–Kier alpha value is -2.02. The molecule has 0 unspecified atom stereocenters. The Bertz CT molecular complexity index is 547. The van der Waals surface area contributed by atoms with E-state index in [1.165, 1.54) is 0 Å². The number of nitrogens with one attached hydrogen (secondary N) is 1. The Labute approximate surface area is 115 Å². The molecule has 0 aliphatic heterocycles. The van der Waals surface area contributed by atoms with E-state index in [1.807, 2.05) is 13.8 Å². The van der Waals surface area contributed by atoms with Crippen molar-refractivity contribution in [2.75, 3.05) is 11.9 Å². The highest BCUT2D eigenvalue weighted by atomic mass is 35.5. The fraction of sp³-hybridized carbons (Fsp3) is 0.364. The third-order valence-electron chi connectivity index (χ3n) is 2.12. The number of anilines is 1. The van der Waals surface area contributed by atoms with Crippen molar-refractivity contribution in [1.82, 2.24) is 24.9 Å². The van der Waals surface area contributed by atoms with Crippen LogP contribution in [0, 0.1) is 6.92 Å². The van der Waals surface area contributed by atoms with E-state index < -0.39 is 0 Å². The van der Waals surface area contributed by atoms with E-state index in [9.17, 15) is 0 Å². The Kier molecular flexibility index (Phi) is 4.40. The molecule has 8 heteroatoms. The minimum Gasteiger partial charge on any atom is -0.464 e. The first kappa shape index (κ1) is 13.4. The van der Waals surface area contributed by atoms with Gasteiger partial charge in [0.15, 0.2) is 0 Å². The first-order chi connectivity index (χ1) is 9.17. The molecule has 7 nitrogen and oxygen atoms in total. The van der Waals surface area contributed by atoms with E-state index in [1.54, 1.807) is 12.4 Å². The second-order valence-corrected chi connectivity index (χ2v) is 3.98. The van der Waals surface area contributed by atoms with Crippen molar-refractivity contribution in [3.8, 4) is 6.01 Å². The lowest BCUT2D eigenvalue weighted by molar-refractivity contribution is 0.312. The smallest absolute Gasteiger partial charge is 0.322 e. The number of hydrogen-bond donors (Lipinski definition) is 1. The van der Waals surface area contributed by atoms with Gasteiger partial charge in [0.1, 0.15) is 0 Å². The maximum Gasteiger partial charge on any atom is 0.322 e. The number of hydrogen-bond acceptors (Lipinski definition) is 7. The summed E-state index contributed by atoms with van der Waals surface area (Å²) in [5.41, 5.74) is 1.64. The largest absolute Gasteiger partial charge is 0.464 e. The summed E-state index contributed by atoms with van der Waals surface area (Å²) >= 11 is 5.78. The van der Waals surface area contributed by atoms with Crippen LogP contribution in [0.15, 0.2) is 12.4 Å². The molecule has 0 aromatic carbocycles. The lowest BCUT2D eigenvalue weighted by Gasteiger charge is -2.06. The molecule has 0 bridgehead atoms. The van der Waals surface area contributed by atoms with Crippen molar-refractivity contribution >= 4 is 17.5 Å². The Morgan fingerprint density at radius 2 is 2.05 bits per heavy atom. The Balaban J connectivity index is 2.04. The van der Waals surface area contributed by atoms with Crippen LogP contribution in [-0.4, -0.2) is 31.5 Å². The van der Waals surface area contributed by atoms with Gasteiger partial charge in [0.25, 0.3) is 0 Å². The van der Waals surface area contributed by atoms with Crippen molar-refractivity contribution in [2.24, 2.45) is 0 Å². The summed E-state index contributed by atoms with van der Waals surface area (Å²) in [5, 5.41) is 3.07. The van der Waals surface area contributed by atoms with Crippen molar-refractivity contribution in [1.29, 1.82) is 0 Å². The van der Waals surface area contributed by atoms with Crippen molar-refractivity contribution in [3.05, 3.63) is 29.1 Å². The number of ether oxygens (including phenoxy) is 1. The standard InChI is InChI=1S/C11H13ClN6O/c1-3-19-11-17-9(12)16-10(18-11)15-6-8-5-13-7(2)4-14-8/h4-5H,3,6H2,1-2H3,(H,15,16,17,18). The molecule has 0 saturated heterocycles. The summed E-state index contributed by atoms with van der Waals surface area (Å²) < 4.78 is 5.18. The summed E-state index contributed by atoms with van der Waals surface area (Å²) in [6, 6.07) is 0.194. The highest BCUT2D eigenvalue weighted by molar-refractivity contribution is 6.28. The van der Waals surface area contributed by atoms with Gasteiger partial charge < -0.3 is 10.1 Å². The van der Waals surface area contributed by atoms with Crippen LogP contribution >= 0.6 is 11.6 Å². The zero-order valence-corrected chi connectivity index (χ0v) is 11.3. The number of aryl methyl sites for hydroxylation is 1. The predicted molar refractivity (Wildman–Crippen MR) is 70.1 cm³/mol. The second-order valence-electron chi connectivity index (χ2n) is 3.65. The van der Waals surface area contributed by atoms with Gasteiger partial charge in [-0.25, -0.2) is 0 Å². The van der Waals surface area contributed by atoms with Crippen LogP contribution in [0.25, 0.3) is 0 Å². The number of nitrogens with zero attached hydrogens (tertiary/aromatic N) is 5. The van der Waals surface area contributed by atoms with Crippen molar-refractivity contribution in [2.45, 2.75) is 20.4 Å². The highest BCUT2D eigenvalue weighted by Crippen LogP contribution is 2.11. The fourth-order valence-electron chi connectivity index (χ4n) is 1.28. The first-order valence-corrected chi connectivity index (χ1v) is 6.11. The van der Waals surface area contributed by atoms with Crippen LogP contribution < -0.4 is 10.1 Å². The highest BCUT2D eigenvalue weighted by Gasteiger charge is 2.05. The first-order valence-electron chi connectivity index (χ1n) is 5.73. The molecule has 2 aromatic heterocycles. The third kappa shape index (κ3) is 3.99. The van der Waals surface area contributed by atoms with Gasteiger partial charge in [-0.3, -0.25) is 9.97 Å². The minimum atomic E-state index is 0.0796. The molecule has 2 heterocycles. The van der Waals surface area contributed by atoms with Crippen LogP contribution in [0.5, 0.6) is 6.01 Å². The molecule has 0 atom stereocenters. The molecule has 2 aromatic rings. The molecular weight excluding hydrogens is 268 g/mol. The van der Waals surface area contributed by atoms with Gasteiger partial charge >= 0.3 is 6.01 Å². The predicted octanol–water partition coefficient (Wildman–Crippen LogP) is 1.63. The van der Waals surface area contributed by atoms with Crippen LogP contribution in [0.1, 0.15) is 18.3 Å². The zero-order chi connectivity index (χ0) is 13.7. The Morgan fingerprint density at radius 1 is 1.21 bits per heavy atom. The minimum absolute atomic E-state index is 0.0796. The zero-order valence-electron chi connectivity index (χ0n) is 10.6. The topological polar surface area (TPSA) is 85.7 Å². The van der Waals surface area contributed by atoms with E-state index in [4.69, 9.17) is 16.3 Å². The van der Waals surface area contributed by atoms with Crippen LogP contribution in [0.2, 0.25) is 5.28 Å². The SMILES string of the molecule is CCOc1nc(Cl)nc(NCc2cnc(C)cn2)n1. The summed E-state index contributed by atoms with van der Waals surface area (Å²) in [6.07, 6.45) is 3.39. The van der Waals surface area contributed by atoms with E-state index in [-0.39, 0.29) is 11.3 Å². The van der Waals surface area contributed by atoms with Gasteiger partial charge in [-0.1, -0.05) is 0 Å². The van der Waals surface area contributed by atoms with E-state index >= 15 is 0 Å². The van der Waals surface area contributed by atoms with Crippen molar-refractivity contribution < 1.29 is 4.74 Å². The molecule has 0 radical (unpaired) electrons. The number of rotatable bonds is 5. The molecule has 19 heavy (non-hydrogen) atoms. The molecule has 0 spiro atoms. The molecule has 100 valence electrons. The number of aromatic nitrogens is 5. The van der Waals surface area contributed by atoms with Gasteiger partial charge in [0, 0.05) is 6.20 Å². The van der Waals surface area contributed by atoms with E-state index in [0.29, 0.717) is 19.1 Å². The van der Waals surface area contributed by atoms with E-state index in [2.05, 4.69) is 30.2 Å². The average molecular weight is 281 g/mol. The third-order valence-corrected chi connectivity index (χ3v) is 2.29. The van der Waals surface area contributed by atoms with Crippen molar-refractivity contribution in [3.63, 3.8) is 0 Å². The molecule has 0 saturated carbocycles. The van der Waals surface area contributed by atoms with Crippen LogP contribution in [0.3, 0.4) is 0 Å². The van der Waals surface area contributed by atoms with E-state index in [0.717, 1.165) is 11.4 Å². The quantitative estimate of drug-likeness (QED) is 0.891. The molecule has 2 rings (SSSR count). The van der Waals surface area contributed by atoms with Gasteiger partial charge in [0.05, 0.1) is 30.7 Å². The molecule has 0 fully saturated rings. The Morgan fingerprint density at radius 3 is 2.74 bits per heavy atom. The fourth-order valence-corrected chi connectivity index (χ4v) is 1.44. The summed E-state index contributed by atoms with van der Waals surface area (Å²) in [4.78, 5) is 20.2. The molecule has 0 aliphatic carbocycles. The second kappa shape index (κ2) is 6.24. The van der Waals surface area contributed by atoms with Gasteiger partial charge in [-0.05, 0) is 25.4 Å². The summed E-state index contributed by atoms with van der Waals surface area (Å²) in [5.74, 6) is 0.339. The number of halogens is 1. The van der Waals surface area contributed by atoms with Gasteiger partial charge in [0.2, 0.25) is 11.2 Å². The molecule has 0 amide bonds. The lowest BCUT2D eigenvalue weighted by Crippen LogP contribution is -2.08. The molecule has 1 N–H and O–H groups in total. The normalized spacial score (nSPS) is 10.3. The lowest BCUT2D eigenvalue weighted by atomic mass is 10.4. The summed E-state index contributed by atoms with van der Waals surface area (Å²) in [6.45, 7) is 4.62. The maximum absolute atomic E-state index is 5.78. The van der Waals surface area contributed by atoms with Crippen LogP contribution in [0.4, 0.5) is 5.95 Å².